The second-order valence-electron chi connectivity index (χ2n) is 4.16. The van der Waals surface area contributed by atoms with Crippen LogP contribution in [0.1, 0.15) is 34.3 Å². The van der Waals surface area contributed by atoms with E-state index in [1.54, 1.807) is 11.3 Å². The van der Waals surface area contributed by atoms with Gasteiger partial charge in [-0.25, -0.2) is 8.42 Å². The molecule has 16 heavy (non-hydrogen) atoms. The Morgan fingerprint density at radius 1 is 1.44 bits per heavy atom. The molecule has 0 fully saturated rings. The molecule has 0 aliphatic heterocycles. The van der Waals surface area contributed by atoms with Crippen LogP contribution < -0.4 is 0 Å². The average Bonchev–Trinajstić information content (AvgIpc) is 2.43. The Bertz CT molecular complexity index is 446. The summed E-state index contributed by atoms with van der Waals surface area (Å²) in [5.41, 5.74) is 0.941. The minimum absolute atomic E-state index is 0.145. The van der Waals surface area contributed by atoms with Crippen molar-refractivity contribution < 1.29 is 13.5 Å². The van der Waals surface area contributed by atoms with E-state index in [2.05, 4.69) is 0 Å². The summed E-state index contributed by atoms with van der Waals surface area (Å²) in [5, 5.41) is 9.92. The summed E-state index contributed by atoms with van der Waals surface area (Å²) in [7, 11) is -2.92. The van der Waals surface area contributed by atoms with E-state index in [-0.39, 0.29) is 5.75 Å². The molecule has 1 aromatic heterocycles. The molecule has 0 aliphatic rings. The highest BCUT2D eigenvalue weighted by atomic mass is 32.2. The van der Waals surface area contributed by atoms with Gasteiger partial charge in [0.15, 0.2) is 0 Å². The van der Waals surface area contributed by atoms with Crippen molar-refractivity contribution in [2.75, 3.05) is 12.0 Å². The second kappa shape index (κ2) is 5.29. The Hall–Kier alpha value is -0.390. The SMILES string of the molecule is Cc1cc(C(O)CCCS(C)(=O)=O)c(C)s1. The number of aliphatic hydroxyl groups excluding tert-OH is 1. The number of rotatable bonds is 5. The van der Waals surface area contributed by atoms with E-state index in [1.165, 1.54) is 11.1 Å². The number of thiophene rings is 1. The van der Waals surface area contributed by atoms with E-state index >= 15 is 0 Å². The van der Waals surface area contributed by atoms with E-state index in [1.807, 2.05) is 19.9 Å². The van der Waals surface area contributed by atoms with Crippen LogP contribution in [0.25, 0.3) is 0 Å². The van der Waals surface area contributed by atoms with E-state index < -0.39 is 15.9 Å². The summed E-state index contributed by atoms with van der Waals surface area (Å²) in [6, 6.07) is 1.98. The summed E-state index contributed by atoms with van der Waals surface area (Å²) in [5.74, 6) is 0.145. The molecular formula is C11H18O3S2. The first-order chi connectivity index (χ1) is 7.29. The lowest BCUT2D eigenvalue weighted by atomic mass is 10.1. The van der Waals surface area contributed by atoms with Crippen molar-refractivity contribution in [2.24, 2.45) is 0 Å². The molecule has 1 unspecified atom stereocenters. The first-order valence-corrected chi connectivity index (χ1v) is 8.10. The van der Waals surface area contributed by atoms with E-state index in [0.717, 1.165) is 10.4 Å². The van der Waals surface area contributed by atoms with Gasteiger partial charge in [-0.2, -0.15) is 0 Å². The molecule has 0 saturated heterocycles. The molecule has 92 valence electrons. The fourth-order valence-electron chi connectivity index (χ4n) is 1.68. The fourth-order valence-corrected chi connectivity index (χ4v) is 3.35. The monoisotopic (exact) mass is 262 g/mol. The maximum Gasteiger partial charge on any atom is 0.147 e. The molecule has 1 heterocycles. The third kappa shape index (κ3) is 4.23. The fraction of sp³-hybridized carbons (Fsp3) is 0.636. The zero-order chi connectivity index (χ0) is 12.3. The highest BCUT2D eigenvalue weighted by Crippen LogP contribution is 2.28. The molecule has 1 atom stereocenters. The summed E-state index contributed by atoms with van der Waals surface area (Å²) in [6.07, 6.45) is 1.70. The van der Waals surface area contributed by atoms with Crippen LogP contribution in [0, 0.1) is 13.8 Å². The topological polar surface area (TPSA) is 54.4 Å². The molecule has 3 nitrogen and oxygen atoms in total. The number of aliphatic hydroxyl groups is 1. The van der Waals surface area contributed by atoms with Gasteiger partial charge in [0.05, 0.1) is 6.10 Å². The van der Waals surface area contributed by atoms with Crippen LogP contribution in [-0.2, 0) is 9.84 Å². The molecule has 0 radical (unpaired) electrons. The molecule has 0 spiro atoms. The van der Waals surface area contributed by atoms with Crippen molar-refractivity contribution >= 4 is 21.2 Å². The van der Waals surface area contributed by atoms with Crippen molar-refractivity contribution in [3.8, 4) is 0 Å². The van der Waals surface area contributed by atoms with Gasteiger partial charge in [-0.05, 0) is 38.3 Å². The van der Waals surface area contributed by atoms with Gasteiger partial charge in [0.1, 0.15) is 9.84 Å². The van der Waals surface area contributed by atoms with Crippen molar-refractivity contribution in [2.45, 2.75) is 32.8 Å². The summed E-state index contributed by atoms with van der Waals surface area (Å²) in [4.78, 5) is 2.29. The predicted molar refractivity (Wildman–Crippen MR) is 67.7 cm³/mol. The largest absolute Gasteiger partial charge is 0.388 e. The van der Waals surface area contributed by atoms with Crippen LogP contribution >= 0.6 is 11.3 Å². The minimum atomic E-state index is -2.92. The first-order valence-electron chi connectivity index (χ1n) is 5.22. The average molecular weight is 262 g/mol. The second-order valence-corrected chi connectivity index (χ2v) is 7.88. The standard InChI is InChI=1S/C11H18O3S2/c1-8-7-10(9(2)15-8)11(12)5-4-6-16(3,13)14/h7,11-12H,4-6H2,1-3H3. The van der Waals surface area contributed by atoms with E-state index in [0.29, 0.717) is 12.8 Å². The van der Waals surface area contributed by atoms with Gasteiger partial charge in [0.2, 0.25) is 0 Å². The normalized spacial score (nSPS) is 14.0. The lowest BCUT2D eigenvalue weighted by Crippen LogP contribution is -2.05. The molecule has 5 heteroatoms. The van der Waals surface area contributed by atoms with Crippen LogP contribution in [0.3, 0.4) is 0 Å². The zero-order valence-electron chi connectivity index (χ0n) is 9.86. The third-order valence-corrected chi connectivity index (χ3v) is 4.44. The maximum atomic E-state index is 10.9. The molecule has 0 aromatic carbocycles. The smallest absolute Gasteiger partial charge is 0.147 e. The maximum absolute atomic E-state index is 10.9. The van der Waals surface area contributed by atoms with Crippen molar-refractivity contribution in [1.82, 2.24) is 0 Å². The highest BCUT2D eigenvalue weighted by molar-refractivity contribution is 7.90. The molecular weight excluding hydrogens is 244 g/mol. The molecule has 0 bridgehead atoms. The minimum Gasteiger partial charge on any atom is -0.388 e. The molecule has 1 rings (SSSR count). The third-order valence-electron chi connectivity index (χ3n) is 2.43. The summed E-state index contributed by atoms with van der Waals surface area (Å²) in [6.45, 7) is 3.98. The molecule has 1 N–H and O–H groups in total. The Balaban J connectivity index is 2.53. The first kappa shape index (κ1) is 13.7. The van der Waals surface area contributed by atoms with Crippen LogP contribution in [0.5, 0.6) is 0 Å². The number of aryl methyl sites for hydroxylation is 2. The van der Waals surface area contributed by atoms with Gasteiger partial charge in [-0.1, -0.05) is 0 Å². The number of sulfone groups is 1. The summed E-state index contributed by atoms with van der Waals surface area (Å²) >= 11 is 1.66. The van der Waals surface area contributed by atoms with Gasteiger partial charge in [0.25, 0.3) is 0 Å². The molecule has 1 aromatic rings. The number of hydrogen-bond acceptors (Lipinski definition) is 4. The quantitative estimate of drug-likeness (QED) is 0.885. The van der Waals surface area contributed by atoms with E-state index in [9.17, 15) is 13.5 Å². The van der Waals surface area contributed by atoms with Crippen molar-refractivity contribution in [3.63, 3.8) is 0 Å². The van der Waals surface area contributed by atoms with Crippen molar-refractivity contribution in [3.05, 3.63) is 21.4 Å². The van der Waals surface area contributed by atoms with Crippen LogP contribution in [-0.4, -0.2) is 25.5 Å². The van der Waals surface area contributed by atoms with Crippen molar-refractivity contribution in [1.29, 1.82) is 0 Å². The van der Waals surface area contributed by atoms with E-state index in [4.69, 9.17) is 0 Å². The van der Waals surface area contributed by atoms with Crippen LogP contribution in [0.15, 0.2) is 6.07 Å². The highest BCUT2D eigenvalue weighted by Gasteiger charge is 2.13. The summed E-state index contributed by atoms with van der Waals surface area (Å²) < 4.78 is 21.9. The Labute approximate surface area is 101 Å². The lowest BCUT2D eigenvalue weighted by molar-refractivity contribution is 0.166. The molecule has 0 aliphatic carbocycles. The van der Waals surface area contributed by atoms with Crippen LogP contribution in [0.4, 0.5) is 0 Å². The van der Waals surface area contributed by atoms with Gasteiger partial charge in [0, 0.05) is 21.8 Å². The van der Waals surface area contributed by atoms with Gasteiger partial charge in [-0.15, -0.1) is 11.3 Å². The number of hydrogen-bond donors (Lipinski definition) is 1. The van der Waals surface area contributed by atoms with Crippen LogP contribution in [0.2, 0.25) is 0 Å². The zero-order valence-corrected chi connectivity index (χ0v) is 11.5. The predicted octanol–water partition coefficient (Wildman–Crippen LogP) is 2.22. The van der Waals surface area contributed by atoms with Gasteiger partial charge < -0.3 is 5.11 Å². The Kier molecular flexibility index (Phi) is 4.52. The Morgan fingerprint density at radius 3 is 2.50 bits per heavy atom. The van der Waals surface area contributed by atoms with Gasteiger partial charge >= 0.3 is 0 Å². The lowest BCUT2D eigenvalue weighted by Gasteiger charge is -2.09. The van der Waals surface area contributed by atoms with Gasteiger partial charge in [-0.3, -0.25) is 0 Å². The Morgan fingerprint density at radius 2 is 2.06 bits per heavy atom. The molecule has 0 saturated carbocycles. The molecule has 0 amide bonds.